The maximum Gasteiger partial charge on any atom is 0.270 e. The normalized spacial score (nSPS) is 31.8. The average Bonchev–Trinajstić information content (AvgIpc) is 3.17. The first-order chi connectivity index (χ1) is 10.6. The number of imide groups is 1. The minimum absolute atomic E-state index is 0.140. The van der Waals surface area contributed by atoms with E-state index < -0.39 is 5.91 Å². The Bertz CT molecular complexity index is 683. The monoisotopic (exact) mass is 360 g/mol. The second-order valence-corrected chi connectivity index (χ2v) is 6.88. The highest BCUT2D eigenvalue weighted by Crippen LogP contribution is 2.52. The van der Waals surface area contributed by atoms with Gasteiger partial charge in [0.2, 0.25) is 0 Å². The van der Waals surface area contributed by atoms with Crippen LogP contribution in [0.25, 0.3) is 0 Å². The molecule has 1 aromatic carbocycles. The molecule has 3 amide bonds. The number of allylic oxidation sites excluding steroid dienone is 2. The van der Waals surface area contributed by atoms with Gasteiger partial charge in [0.25, 0.3) is 17.7 Å². The van der Waals surface area contributed by atoms with Gasteiger partial charge < -0.3 is 0 Å². The Morgan fingerprint density at radius 3 is 2.14 bits per heavy atom. The highest BCUT2D eigenvalue weighted by Gasteiger charge is 2.59. The van der Waals surface area contributed by atoms with Crippen LogP contribution in [-0.2, 0) is 9.59 Å². The standard InChI is InChI=1S/C16H13BrN2O3/c17-11-5-3-8(4-6-11)14(20)18-19-15(21)12-9-1-2-10(7-9)13(12)16(19)22/h1-6,9-10,12-13H,7H2,(H,18,20)/t9-,10-,12-,13-/m0/s1. The molecule has 2 fully saturated rings. The maximum atomic E-state index is 12.5. The number of hydrogen-bond acceptors (Lipinski definition) is 3. The third kappa shape index (κ3) is 1.86. The van der Waals surface area contributed by atoms with Gasteiger partial charge in [-0.2, -0.15) is 5.01 Å². The Hall–Kier alpha value is -1.95. The van der Waals surface area contributed by atoms with E-state index in [1.807, 2.05) is 12.2 Å². The lowest BCUT2D eigenvalue weighted by Crippen LogP contribution is -2.47. The SMILES string of the molecule is O=C(NN1C(=O)[C@@H]2[C@@H](C1=O)[C@H]1C=C[C@H]2C1)c1ccc(Br)cc1. The Morgan fingerprint density at radius 2 is 1.59 bits per heavy atom. The Balaban J connectivity index is 1.54. The maximum absolute atomic E-state index is 12.5. The van der Waals surface area contributed by atoms with E-state index in [4.69, 9.17) is 0 Å². The molecule has 1 saturated carbocycles. The van der Waals surface area contributed by atoms with Crippen molar-refractivity contribution in [1.29, 1.82) is 0 Å². The number of benzene rings is 1. The molecule has 2 bridgehead atoms. The van der Waals surface area contributed by atoms with E-state index >= 15 is 0 Å². The van der Waals surface area contributed by atoms with Gasteiger partial charge in [-0.3, -0.25) is 19.8 Å². The Kier molecular flexibility index (Phi) is 2.97. The predicted octanol–water partition coefficient (Wildman–Crippen LogP) is 1.90. The molecule has 3 aliphatic rings. The summed E-state index contributed by atoms with van der Waals surface area (Å²) in [6.07, 6.45) is 4.93. The highest BCUT2D eigenvalue weighted by molar-refractivity contribution is 9.10. The van der Waals surface area contributed by atoms with E-state index in [1.165, 1.54) is 0 Å². The van der Waals surface area contributed by atoms with Gasteiger partial charge in [0.15, 0.2) is 0 Å². The predicted molar refractivity (Wildman–Crippen MR) is 81.2 cm³/mol. The molecule has 112 valence electrons. The molecule has 6 heteroatoms. The fourth-order valence-corrected chi connectivity index (χ4v) is 4.04. The molecule has 4 rings (SSSR count). The quantitative estimate of drug-likeness (QED) is 0.646. The average molecular weight is 361 g/mol. The van der Waals surface area contributed by atoms with Crippen LogP contribution in [0.2, 0.25) is 0 Å². The number of carbonyl (C=O) groups excluding carboxylic acids is 3. The number of carbonyl (C=O) groups is 3. The number of amides is 3. The van der Waals surface area contributed by atoms with Crippen LogP contribution in [0.15, 0.2) is 40.9 Å². The van der Waals surface area contributed by atoms with Gasteiger partial charge in [0.1, 0.15) is 0 Å². The first-order valence-electron chi connectivity index (χ1n) is 7.19. The zero-order valence-electron chi connectivity index (χ0n) is 11.5. The van der Waals surface area contributed by atoms with Crippen molar-refractivity contribution in [2.45, 2.75) is 6.42 Å². The van der Waals surface area contributed by atoms with Crippen LogP contribution in [0.5, 0.6) is 0 Å². The van der Waals surface area contributed by atoms with Crippen molar-refractivity contribution in [3.8, 4) is 0 Å². The molecule has 0 aromatic heterocycles. The first-order valence-corrected chi connectivity index (χ1v) is 7.98. The molecule has 5 nitrogen and oxygen atoms in total. The molecular formula is C16H13BrN2O3. The summed E-state index contributed by atoms with van der Waals surface area (Å²) in [5, 5.41) is 0.922. The van der Waals surface area contributed by atoms with E-state index in [0.717, 1.165) is 15.9 Å². The van der Waals surface area contributed by atoms with Crippen molar-refractivity contribution in [2.75, 3.05) is 0 Å². The third-order valence-electron chi connectivity index (χ3n) is 4.79. The number of hydrogen-bond donors (Lipinski definition) is 1. The molecule has 4 atom stereocenters. The van der Waals surface area contributed by atoms with E-state index in [-0.39, 0.29) is 35.5 Å². The molecule has 1 N–H and O–H groups in total. The fourth-order valence-electron chi connectivity index (χ4n) is 3.78. The van der Waals surface area contributed by atoms with Crippen molar-refractivity contribution in [1.82, 2.24) is 10.4 Å². The molecule has 1 saturated heterocycles. The van der Waals surface area contributed by atoms with Crippen molar-refractivity contribution in [3.63, 3.8) is 0 Å². The molecule has 22 heavy (non-hydrogen) atoms. The van der Waals surface area contributed by atoms with E-state index in [2.05, 4.69) is 21.4 Å². The Labute approximate surface area is 135 Å². The van der Waals surface area contributed by atoms with Crippen molar-refractivity contribution in [2.24, 2.45) is 23.7 Å². The summed E-state index contributed by atoms with van der Waals surface area (Å²) in [6, 6.07) is 6.75. The summed E-state index contributed by atoms with van der Waals surface area (Å²) >= 11 is 3.30. The molecule has 1 heterocycles. The topological polar surface area (TPSA) is 66.5 Å². The molecule has 0 spiro atoms. The van der Waals surface area contributed by atoms with Crippen LogP contribution < -0.4 is 5.43 Å². The second-order valence-electron chi connectivity index (χ2n) is 5.96. The lowest BCUT2D eigenvalue weighted by molar-refractivity contribution is -0.143. The van der Waals surface area contributed by atoms with Crippen LogP contribution in [0.4, 0.5) is 0 Å². The largest absolute Gasteiger partial charge is 0.272 e. The highest BCUT2D eigenvalue weighted by atomic mass is 79.9. The summed E-state index contributed by atoms with van der Waals surface area (Å²) in [6.45, 7) is 0. The summed E-state index contributed by atoms with van der Waals surface area (Å²) < 4.78 is 0.856. The van der Waals surface area contributed by atoms with Crippen molar-refractivity contribution in [3.05, 3.63) is 46.5 Å². The van der Waals surface area contributed by atoms with Crippen LogP contribution in [0, 0.1) is 23.7 Å². The molecule has 0 unspecified atom stereocenters. The van der Waals surface area contributed by atoms with Crippen LogP contribution in [0.3, 0.4) is 0 Å². The van der Waals surface area contributed by atoms with E-state index in [9.17, 15) is 14.4 Å². The molecule has 0 radical (unpaired) electrons. The number of nitrogens with zero attached hydrogens (tertiary/aromatic N) is 1. The zero-order valence-corrected chi connectivity index (χ0v) is 13.1. The summed E-state index contributed by atoms with van der Waals surface area (Å²) in [5.74, 6) is -1.33. The number of fused-ring (bicyclic) bond motifs is 5. The summed E-state index contributed by atoms with van der Waals surface area (Å²) in [4.78, 5) is 37.1. The van der Waals surface area contributed by atoms with Gasteiger partial charge >= 0.3 is 0 Å². The van der Waals surface area contributed by atoms with Crippen LogP contribution in [-0.4, -0.2) is 22.7 Å². The second kappa shape index (κ2) is 4.78. The molecule has 2 aliphatic carbocycles. The van der Waals surface area contributed by atoms with Gasteiger partial charge in [-0.25, -0.2) is 0 Å². The van der Waals surface area contributed by atoms with Crippen molar-refractivity contribution < 1.29 is 14.4 Å². The molecular weight excluding hydrogens is 348 g/mol. The van der Waals surface area contributed by atoms with Gasteiger partial charge in [0.05, 0.1) is 11.8 Å². The minimum Gasteiger partial charge on any atom is -0.272 e. The number of rotatable bonds is 2. The lowest BCUT2D eigenvalue weighted by Gasteiger charge is -2.18. The van der Waals surface area contributed by atoms with Crippen LogP contribution >= 0.6 is 15.9 Å². The van der Waals surface area contributed by atoms with Gasteiger partial charge in [0, 0.05) is 10.0 Å². The summed E-state index contributed by atoms with van der Waals surface area (Å²) in [5.41, 5.74) is 2.87. The van der Waals surface area contributed by atoms with E-state index in [0.29, 0.717) is 5.56 Å². The van der Waals surface area contributed by atoms with Crippen molar-refractivity contribution >= 4 is 33.7 Å². The minimum atomic E-state index is -0.450. The molecule has 1 aliphatic heterocycles. The first kappa shape index (κ1) is 13.7. The van der Waals surface area contributed by atoms with Gasteiger partial charge in [-0.15, -0.1) is 0 Å². The smallest absolute Gasteiger partial charge is 0.270 e. The number of nitrogens with one attached hydrogen (secondary N) is 1. The number of halogens is 1. The fraction of sp³-hybridized carbons (Fsp3) is 0.312. The van der Waals surface area contributed by atoms with Gasteiger partial charge in [-0.1, -0.05) is 28.1 Å². The third-order valence-corrected chi connectivity index (χ3v) is 5.32. The van der Waals surface area contributed by atoms with Gasteiger partial charge in [-0.05, 0) is 42.5 Å². The lowest BCUT2D eigenvalue weighted by atomic mass is 9.85. The summed E-state index contributed by atoms with van der Waals surface area (Å²) in [7, 11) is 0. The van der Waals surface area contributed by atoms with Crippen LogP contribution in [0.1, 0.15) is 16.8 Å². The number of hydrazine groups is 1. The molecule has 1 aromatic rings. The zero-order chi connectivity index (χ0) is 15.4. The van der Waals surface area contributed by atoms with E-state index in [1.54, 1.807) is 24.3 Å². The Morgan fingerprint density at radius 1 is 1.05 bits per heavy atom.